The topological polar surface area (TPSA) is 103 Å². The van der Waals surface area contributed by atoms with Crippen LogP contribution in [0.1, 0.15) is 28.3 Å². The molecule has 174 valence electrons. The van der Waals surface area contributed by atoms with E-state index in [4.69, 9.17) is 14.8 Å². The molecule has 1 atom stereocenters. The van der Waals surface area contributed by atoms with E-state index >= 15 is 0 Å². The van der Waals surface area contributed by atoms with Crippen LogP contribution in [-0.4, -0.2) is 39.5 Å². The van der Waals surface area contributed by atoms with E-state index in [1.54, 1.807) is 39.9 Å². The molecule has 36 heavy (non-hydrogen) atoms. The second-order valence-electron chi connectivity index (χ2n) is 8.56. The summed E-state index contributed by atoms with van der Waals surface area (Å²) in [6, 6.07) is 20.8. The fourth-order valence-electron chi connectivity index (χ4n) is 4.78. The van der Waals surface area contributed by atoms with E-state index in [0.717, 1.165) is 28.1 Å². The first-order chi connectivity index (χ1) is 17.7. The first kappa shape index (κ1) is 20.3. The molecule has 0 bridgehead atoms. The molecule has 5 heterocycles. The number of benzene rings is 2. The van der Waals surface area contributed by atoms with Crippen LogP contribution >= 0.6 is 0 Å². The molecule has 0 saturated carbocycles. The highest BCUT2D eigenvalue weighted by molar-refractivity contribution is 5.70. The lowest BCUT2D eigenvalue weighted by atomic mass is 9.85. The van der Waals surface area contributed by atoms with Gasteiger partial charge in [-0.1, -0.05) is 36.4 Å². The second kappa shape index (κ2) is 7.74. The molecule has 2 aromatic carbocycles. The van der Waals surface area contributed by atoms with Crippen LogP contribution < -0.4 is 4.74 Å². The number of nitrogens with zero attached hydrogens (tertiary/aromatic N) is 7. The number of phenols is 1. The number of fused-ring (bicyclic) bond motifs is 4. The number of aromatic hydroxyl groups is 1. The minimum Gasteiger partial charge on any atom is -0.507 e. The number of para-hydroxylation sites is 2. The number of hydrogen-bond donors (Lipinski definition) is 1. The summed E-state index contributed by atoms with van der Waals surface area (Å²) in [5.41, 5.74) is 5.49. The molecular formula is C27H19N7O2. The van der Waals surface area contributed by atoms with Gasteiger partial charge in [-0.3, -0.25) is 4.98 Å². The predicted molar refractivity (Wildman–Crippen MR) is 131 cm³/mol. The lowest BCUT2D eigenvalue weighted by Gasteiger charge is -2.26. The Balaban J connectivity index is 1.50. The van der Waals surface area contributed by atoms with Gasteiger partial charge in [0, 0.05) is 12.4 Å². The van der Waals surface area contributed by atoms with Crippen LogP contribution in [0.25, 0.3) is 22.7 Å². The van der Waals surface area contributed by atoms with Gasteiger partial charge in [0.15, 0.2) is 11.5 Å². The van der Waals surface area contributed by atoms with E-state index in [2.05, 4.69) is 15.1 Å². The summed E-state index contributed by atoms with van der Waals surface area (Å²) in [6.45, 7) is 1.97. The third-order valence-electron chi connectivity index (χ3n) is 6.38. The maximum atomic E-state index is 10.4. The first-order valence-electron chi connectivity index (χ1n) is 11.5. The Kier molecular flexibility index (Phi) is 4.37. The molecule has 0 aliphatic carbocycles. The lowest BCUT2D eigenvalue weighted by molar-refractivity contribution is 0.402. The van der Waals surface area contributed by atoms with Gasteiger partial charge in [-0.25, -0.2) is 19.2 Å². The Morgan fingerprint density at radius 3 is 2.56 bits per heavy atom. The number of hydrogen-bond acceptors (Lipinski definition) is 7. The van der Waals surface area contributed by atoms with E-state index in [1.807, 2.05) is 61.7 Å². The normalized spacial score (nSPS) is 14.3. The van der Waals surface area contributed by atoms with Gasteiger partial charge < -0.3 is 9.84 Å². The average Bonchev–Trinajstić information content (AvgIpc) is 3.50. The molecule has 0 spiro atoms. The summed E-state index contributed by atoms with van der Waals surface area (Å²) in [7, 11) is 0. The van der Waals surface area contributed by atoms with Crippen LogP contribution in [0.3, 0.4) is 0 Å². The van der Waals surface area contributed by atoms with Crippen LogP contribution in [0.5, 0.6) is 17.5 Å². The van der Waals surface area contributed by atoms with Crippen LogP contribution in [0.2, 0.25) is 0 Å². The number of ether oxygens (including phenoxy) is 1. The minimum absolute atomic E-state index is 0.109. The van der Waals surface area contributed by atoms with Gasteiger partial charge in [0.2, 0.25) is 11.8 Å². The fraction of sp³-hybridized carbons (Fsp3) is 0.0741. The van der Waals surface area contributed by atoms with Gasteiger partial charge >= 0.3 is 0 Å². The van der Waals surface area contributed by atoms with E-state index in [1.165, 1.54) is 0 Å². The summed E-state index contributed by atoms with van der Waals surface area (Å²) < 4.78 is 9.85. The Morgan fingerprint density at radius 2 is 1.75 bits per heavy atom. The molecule has 1 aliphatic heterocycles. The van der Waals surface area contributed by atoms with Gasteiger partial charge in [-0.05, 0) is 42.8 Å². The predicted octanol–water partition coefficient (Wildman–Crippen LogP) is 4.67. The third kappa shape index (κ3) is 2.99. The zero-order chi connectivity index (χ0) is 24.2. The molecule has 6 aromatic rings. The van der Waals surface area contributed by atoms with Crippen LogP contribution in [-0.2, 0) is 0 Å². The maximum Gasteiger partial charge on any atom is 0.230 e. The summed E-state index contributed by atoms with van der Waals surface area (Å²) in [5, 5.41) is 19.8. The average molecular weight is 473 g/mol. The smallest absolute Gasteiger partial charge is 0.230 e. The molecule has 4 aromatic heterocycles. The van der Waals surface area contributed by atoms with Gasteiger partial charge in [0.1, 0.15) is 12.1 Å². The van der Waals surface area contributed by atoms with Gasteiger partial charge in [0.25, 0.3) is 0 Å². The van der Waals surface area contributed by atoms with Gasteiger partial charge in [0.05, 0.1) is 34.0 Å². The molecule has 9 nitrogen and oxygen atoms in total. The fourth-order valence-corrected chi connectivity index (χ4v) is 4.78. The number of pyridine rings is 1. The number of aromatic nitrogens is 7. The third-order valence-corrected chi connectivity index (χ3v) is 6.38. The summed E-state index contributed by atoms with van der Waals surface area (Å²) >= 11 is 0. The van der Waals surface area contributed by atoms with Crippen molar-refractivity contribution in [2.24, 2.45) is 0 Å². The molecule has 1 N–H and O–H groups in total. The van der Waals surface area contributed by atoms with Crippen LogP contribution in [0.4, 0.5) is 0 Å². The second-order valence-corrected chi connectivity index (χ2v) is 8.56. The highest BCUT2D eigenvalue weighted by Crippen LogP contribution is 2.49. The zero-order valence-electron chi connectivity index (χ0n) is 19.1. The van der Waals surface area contributed by atoms with Crippen molar-refractivity contribution in [1.29, 1.82) is 0 Å². The van der Waals surface area contributed by atoms with Crippen molar-refractivity contribution in [1.82, 2.24) is 34.3 Å². The SMILES string of the molecule is Cc1nn(-c2ccccc2)c2c1C(c1cccnc1)c1c(ncn3nc(-c4ccccc4O)nc13)O2. The molecule has 0 radical (unpaired) electrons. The zero-order valence-corrected chi connectivity index (χ0v) is 19.1. The molecule has 7 rings (SSSR count). The Labute approximate surface area is 205 Å². The van der Waals surface area contributed by atoms with E-state index < -0.39 is 0 Å². The van der Waals surface area contributed by atoms with Crippen molar-refractivity contribution in [2.45, 2.75) is 12.8 Å². The monoisotopic (exact) mass is 473 g/mol. The maximum absolute atomic E-state index is 10.4. The van der Waals surface area contributed by atoms with Crippen molar-refractivity contribution in [2.75, 3.05) is 0 Å². The lowest BCUT2D eigenvalue weighted by Crippen LogP contribution is -2.16. The first-order valence-corrected chi connectivity index (χ1v) is 11.5. The Morgan fingerprint density at radius 1 is 0.917 bits per heavy atom. The van der Waals surface area contributed by atoms with Gasteiger partial charge in [-0.15, -0.1) is 5.10 Å². The Bertz CT molecular complexity index is 1740. The van der Waals surface area contributed by atoms with Crippen molar-refractivity contribution >= 4 is 5.65 Å². The van der Waals surface area contributed by atoms with Crippen molar-refractivity contribution in [3.63, 3.8) is 0 Å². The summed E-state index contributed by atoms with van der Waals surface area (Å²) in [4.78, 5) is 13.8. The number of phenolic OH excluding ortho intramolecular Hbond substituents is 1. The number of rotatable bonds is 3. The summed E-state index contributed by atoms with van der Waals surface area (Å²) in [5.74, 6) is 1.26. The molecular weight excluding hydrogens is 454 g/mol. The number of aryl methyl sites for hydroxylation is 1. The molecule has 9 heteroatoms. The van der Waals surface area contributed by atoms with Crippen LogP contribution in [0, 0.1) is 6.92 Å². The summed E-state index contributed by atoms with van der Waals surface area (Å²) in [6.07, 6.45) is 5.16. The quantitative estimate of drug-likeness (QED) is 0.398. The minimum atomic E-state index is -0.285. The van der Waals surface area contributed by atoms with Crippen molar-refractivity contribution < 1.29 is 9.84 Å². The molecule has 1 unspecified atom stereocenters. The van der Waals surface area contributed by atoms with Crippen LogP contribution in [0.15, 0.2) is 85.5 Å². The molecule has 0 saturated heterocycles. The van der Waals surface area contributed by atoms with E-state index in [-0.39, 0.29) is 11.7 Å². The molecule has 0 fully saturated rings. The largest absolute Gasteiger partial charge is 0.507 e. The Hall–Kier alpha value is -5.05. The van der Waals surface area contributed by atoms with Crippen molar-refractivity contribution in [3.8, 4) is 34.6 Å². The molecule has 0 amide bonds. The molecule has 1 aliphatic rings. The van der Waals surface area contributed by atoms with E-state index in [0.29, 0.717) is 28.8 Å². The van der Waals surface area contributed by atoms with Crippen molar-refractivity contribution in [3.05, 3.63) is 108 Å². The van der Waals surface area contributed by atoms with E-state index in [9.17, 15) is 5.11 Å². The van der Waals surface area contributed by atoms with Gasteiger partial charge in [-0.2, -0.15) is 5.10 Å². The standard InChI is InChI=1S/C27H19N7O2/c1-16-21-22(17-8-7-13-28-14-17)23-25-30-24(19-11-5-6-12-20(19)35)32-33(25)15-29-26(23)36-27(21)34(31-16)18-9-3-2-4-10-18/h2-15,22,35H,1H3. The highest BCUT2D eigenvalue weighted by Gasteiger charge is 2.38. The highest BCUT2D eigenvalue weighted by atomic mass is 16.5.